The predicted octanol–water partition coefficient (Wildman–Crippen LogP) is 7.26. The van der Waals surface area contributed by atoms with E-state index in [0.717, 1.165) is 48.5 Å². The molecule has 2 aliphatic rings. The number of rotatable bonds is 8. The second kappa shape index (κ2) is 13.7. The SMILES string of the molecule is CC1CCC(C(C)C)CC1.CCCCC[C@@H]1Cc2cc(OC)ccc2N[C@@H]1C(=O)OCC. The van der Waals surface area contributed by atoms with Crippen molar-refractivity contribution in [2.75, 3.05) is 19.0 Å². The van der Waals surface area contributed by atoms with Crippen molar-refractivity contribution >= 4 is 11.7 Å². The zero-order chi connectivity index (χ0) is 23.5. The molecule has 1 aromatic rings. The highest BCUT2D eigenvalue weighted by Crippen LogP contribution is 2.34. The molecule has 1 saturated carbocycles. The van der Waals surface area contributed by atoms with Gasteiger partial charge in [-0.1, -0.05) is 59.8 Å². The Morgan fingerprint density at radius 2 is 1.84 bits per heavy atom. The normalized spacial score (nSPS) is 24.6. The van der Waals surface area contributed by atoms with Crippen LogP contribution in [-0.4, -0.2) is 25.7 Å². The molecule has 0 aromatic heterocycles. The lowest BCUT2D eigenvalue weighted by Gasteiger charge is -2.33. The fourth-order valence-corrected chi connectivity index (χ4v) is 5.05. The number of carbonyl (C=O) groups is 1. The fourth-order valence-electron chi connectivity index (χ4n) is 5.05. The molecule has 182 valence electrons. The summed E-state index contributed by atoms with van der Waals surface area (Å²) >= 11 is 0. The van der Waals surface area contributed by atoms with Crippen LogP contribution < -0.4 is 10.1 Å². The summed E-state index contributed by atoms with van der Waals surface area (Å²) in [6.45, 7) is 11.6. The first-order valence-electron chi connectivity index (χ1n) is 13.0. The van der Waals surface area contributed by atoms with Crippen molar-refractivity contribution in [1.82, 2.24) is 0 Å². The summed E-state index contributed by atoms with van der Waals surface area (Å²) < 4.78 is 10.6. The van der Waals surface area contributed by atoms with Crippen molar-refractivity contribution < 1.29 is 14.3 Å². The van der Waals surface area contributed by atoms with Crippen LogP contribution in [0.15, 0.2) is 18.2 Å². The summed E-state index contributed by atoms with van der Waals surface area (Å²) in [7, 11) is 1.68. The molecule has 0 radical (unpaired) electrons. The lowest BCUT2D eigenvalue weighted by atomic mass is 9.78. The maximum absolute atomic E-state index is 12.3. The van der Waals surface area contributed by atoms with Crippen LogP contribution in [0.1, 0.15) is 91.5 Å². The topological polar surface area (TPSA) is 47.6 Å². The van der Waals surface area contributed by atoms with Gasteiger partial charge in [0.2, 0.25) is 0 Å². The largest absolute Gasteiger partial charge is 0.497 e. The highest BCUT2D eigenvalue weighted by atomic mass is 16.5. The van der Waals surface area contributed by atoms with Gasteiger partial charge in [0.1, 0.15) is 11.8 Å². The number of hydrogen-bond donors (Lipinski definition) is 1. The molecule has 0 amide bonds. The van der Waals surface area contributed by atoms with Crippen molar-refractivity contribution in [2.45, 2.75) is 98.4 Å². The number of carbonyl (C=O) groups excluding carboxylic acids is 1. The molecule has 32 heavy (non-hydrogen) atoms. The van der Waals surface area contributed by atoms with Gasteiger partial charge in [-0.05, 0) is 80.0 Å². The molecule has 4 nitrogen and oxygen atoms in total. The summed E-state index contributed by atoms with van der Waals surface area (Å²) in [5, 5.41) is 3.38. The molecular formula is C28H47NO3. The van der Waals surface area contributed by atoms with Crippen molar-refractivity contribution in [3.63, 3.8) is 0 Å². The second-order valence-electron chi connectivity index (χ2n) is 10.1. The maximum atomic E-state index is 12.3. The molecule has 0 unspecified atom stereocenters. The standard InChI is InChI=1S/C18H27NO3.C10H20/c1-4-6-7-8-13-11-14-12-15(21-3)9-10-16(14)19-17(13)18(20)22-5-2;1-8(2)10-6-4-9(3)5-7-10/h9-10,12-13,17,19H,4-8,11H2,1-3H3;8-10H,4-7H2,1-3H3/t13-,17+;/m1./s1. The van der Waals surface area contributed by atoms with Crippen LogP contribution in [0.4, 0.5) is 5.69 Å². The Kier molecular flexibility index (Phi) is 11.4. The van der Waals surface area contributed by atoms with Crippen molar-refractivity contribution in [3.8, 4) is 5.75 Å². The lowest BCUT2D eigenvalue weighted by Crippen LogP contribution is -2.42. The van der Waals surface area contributed by atoms with Gasteiger partial charge in [0.25, 0.3) is 0 Å². The van der Waals surface area contributed by atoms with E-state index in [1.165, 1.54) is 44.1 Å². The average molecular weight is 446 g/mol. The van der Waals surface area contributed by atoms with Crippen LogP contribution in [0.3, 0.4) is 0 Å². The Hall–Kier alpha value is -1.71. The zero-order valence-electron chi connectivity index (χ0n) is 21.4. The third-order valence-electron chi connectivity index (χ3n) is 7.30. The predicted molar refractivity (Wildman–Crippen MR) is 134 cm³/mol. The van der Waals surface area contributed by atoms with Crippen LogP contribution in [-0.2, 0) is 16.0 Å². The van der Waals surface area contributed by atoms with Crippen LogP contribution in [0.5, 0.6) is 5.75 Å². The van der Waals surface area contributed by atoms with E-state index in [-0.39, 0.29) is 17.9 Å². The van der Waals surface area contributed by atoms with E-state index in [4.69, 9.17) is 9.47 Å². The third-order valence-corrected chi connectivity index (χ3v) is 7.30. The smallest absolute Gasteiger partial charge is 0.328 e. The second-order valence-corrected chi connectivity index (χ2v) is 10.1. The van der Waals surface area contributed by atoms with Gasteiger partial charge in [-0.25, -0.2) is 4.79 Å². The summed E-state index contributed by atoms with van der Waals surface area (Å²) in [5.41, 5.74) is 2.24. The number of unbranched alkanes of at least 4 members (excludes halogenated alkanes) is 2. The van der Waals surface area contributed by atoms with Gasteiger partial charge in [0, 0.05) is 5.69 Å². The van der Waals surface area contributed by atoms with Crippen molar-refractivity contribution in [1.29, 1.82) is 0 Å². The van der Waals surface area contributed by atoms with Crippen molar-refractivity contribution in [3.05, 3.63) is 23.8 Å². The van der Waals surface area contributed by atoms with Crippen LogP contribution >= 0.6 is 0 Å². The van der Waals surface area contributed by atoms with Crippen LogP contribution in [0.25, 0.3) is 0 Å². The fraction of sp³-hybridized carbons (Fsp3) is 0.750. The lowest BCUT2D eigenvalue weighted by molar-refractivity contribution is -0.145. The van der Waals surface area contributed by atoms with Gasteiger partial charge in [-0.15, -0.1) is 0 Å². The van der Waals surface area contributed by atoms with Gasteiger partial charge < -0.3 is 14.8 Å². The molecular weight excluding hydrogens is 398 g/mol. The molecule has 3 rings (SSSR count). The Bertz CT molecular complexity index is 679. The van der Waals surface area contributed by atoms with Gasteiger partial charge >= 0.3 is 5.97 Å². The number of anilines is 1. The number of methoxy groups -OCH3 is 1. The molecule has 1 fully saturated rings. The van der Waals surface area contributed by atoms with E-state index in [1.54, 1.807) is 7.11 Å². The quantitative estimate of drug-likeness (QED) is 0.338. The van der Waals surface area contributed by atoms with E-state index in [0.29, 0.717) is 6.61 Å². The molecule has 0 spiro atoms. The molecule has 1 aromatic carbocycles. The van der Waals surface area contributed by atoms with E-state index in [9.17, 15) is 4.79 Å². The number of fused-ring (bicyclic) bond motifs is 1. The first-order chi connectivity index (χ1) is 15.4. The minimum atomic E-state index is -0.238. The summed E-state index contributed by atoms with van der Waals surface area (Å²) in [6, 6.07) is 5.74. The molecule has 4 heteroatoms. The Morgan fingerprint density at radius 3 is 2.44 bits per heavy atom. The van der Waals surface area contributed by atoms with Crippen molar-refractivity contribution in [2.24, 2.45) is 23.7 Å². The van der Waals surface area contributed by atoms with Gasteiger partial charge in [0.15, 0.2) is 0 Å². The number of nitrogens with one attached hydrogen (secondary N) is 1. The zero-order valence-corrected chi connectivity index (χ0v) is 21.4. The first kappa shape index (κ1) is 26.5. The Labute approximate surface area is 196 Å². The van der Waals surface area contributed by atoms with Crippen LogP contribution in [0, 0.1) is 23.7 Å². The molecule has 1 heterocycles. The van der Waals surface area contributed by atoms with E-state index in [2.05, 4.69) is 39.1 Å². The van der Waals surface area contributed by atoms with E-state index < -0.39 is 0 Å². The number of esters is 1. The minimum absolute atomic E-state index is 0.134. The molecule has 2 atom stereocenters. The molecule has 1 aliphatic carbocycles. The Morgan fingerprint density at radius 1 is 1.12 bits per heavy atom. The summed E-state index contributed by atoms with van der Waals surface area (Å²) in [5.74, 6) is 3.98. The Balaban J connectivity index is 0.000000303. The highest BCUT2D eigenvalue weighted by Gasteiger charge is 2.34. The molecule has 1 N–H and O–H groups in total. The number of benzene rings is 1. The van der Waals surface area contributed by atoms with Gasteiger partial charge in [0.05, 0.1) is 13.7 Å². The number of ether oxygens (including phenoxy) is 2. The maximum Gasteiger partial charge on any atom is 0.328 e. The molecule has 0 bridgehead atoms. The summed E-state index contributed by atoms with van der Waals surface area (Å²) in [6.07, 6.45) is 11.4. The molecule has 0 saturated heterocycles. The van der Waals surface area contributed by atoms with Gasteiger partial charge in [-0.3, -0.25) is 0 Å². The van der Waals surface area contributed by atoms with E-state index >= 15 is 0 Å². The number of hydrogen-bond acceptors (Lipinski definition) is 4. The summed E-state index contributed by atoms with van der Waals surface area (Å²) in [4.78, 5) is 12.3. The minimum Gasteiger partial charge on any atom is -0.497 e. The van der Waals surface area contributed by atoms with E-state index in [1.807, 2.05) is 19.1 Å². The average Bonchev–Trinajstić information content (AvgIpc) is 2.79. The molecule has 1 aliphatic heterocycles. The van der Waals surface area contributed by atoms with Gasteiger partial charge in [-0.2, -0.15) is 0 Å². The third kappa shape index (κ3) is 8.01. The van der Waals surface area contributed by atoms with Crippen LogP contribution in [0.2, 0.25) is 0 Å². The first-order valence-corrected chi connectivity index (χ1v) is 13.0. The monoisotopic (exact) mass is 445 g/mol. The highest BCUT2D eigenvalue weighted by molar-refractivity contribution is 5.81.